The van der Waals surface area contributed by atoms with E-state index in [1.807, 2.05) is 23.5 Å². The smallest absolute Gasteiger partial charge is 0.135 e. The molecule has 12 rings (SSSR count). The minimum Gasteiger partial charge on any atom is -0.456 e. The molecule has 284 valence electrons. The third-order valence-electron chi connectivity index (χ3n) is 12.7. The highest BCUT2D eigenvalue weighted by Crippen LogP contribution is 2.51. The van der Waals surface area contributed by atoms with Gasteiger partial charge in [-0.3, -0.25) is 0 Å². The molecule has 9 aromatic carbocycles. The van der Waals surface area contributed by atoms with Crippen LogP contribution in [0.5, 0.6) is 0 Å². The summed E-state index contributed by atoms with van der Waals surface area (Å²) < 4.78 is 8.86. The van der Waals surface area contributed by atoms with E-state index in [0.717, 1.165) is 50.1 Å². The first-order chi connectivity index (χ1) is 29.5. The topological polar surface area (TPSA) is 16.4 Å². The zero-order valence-corrected chi connectivity index (χ0v) is 34.1. The van der Waals surface area contributed by atoms with Crippen molar-refractivity contribution < 1.29 is 4.42 Å². The summed E-state index contributed by atoms with van der Waals surface area (Å²) in [6, 6.07) is 73.3. The summed E-state index contributed by atoms with van der Waals surface area (Å²) in [5.41, 5.74) is 17.6. The Kier molecular flexibility index (Phi) is 7.79. The number of anilines is 3. The first-order valence-electron chi connectivity index (χ1n) is 20.6. The predicted octanol–water partition coefficient (Wildman–Crippen LogP) is 16.7. The van der Waals surface area contributed by atoms with Gasteiger partial charge in [0.25, 0.3) is 0 Å². The van der Waals surface area contributed by atoms with Crippen molar-refractivity contribution in [2.75, 3.05) is 4.90 Å². The Hall–Kier alpha value is -7.20. The van der Waals surface area contributed by atoms with E-state index in [2.05, 4.69) is 207 Å². The fraction of sp³-hybridized carbons (Fsp3) is 0.0526. The molecule has 2 nitrogen and oxygen atoms in total. The molecule has 60 heavy (non-hydrogen) atoms. The molecule has 0 amide bonds. The third kappa shape index (κ3) is 5.54. The SMILES string of the molecule is CC1(C)c2ccccc2-c2ccc(N(c3ccccc3)c3ccc(-c4cc(-c5ccc6oc7ccccc7c6c5)cc(-c5ccc6sc7ccccc7c6c5)c4)cc3)cc21. The zero-order chi connectivity index (χ0) is 40.0. The lowest BCUT2D eigenvalue weighted by molar-refractivity contribution is 0.660. The number of benzene rings is 9. The summed E-state index contributed by atoms with van der Waals surface area (Å²) in [5.74, 6) is 0. The zero-order valence-electron chi connectivity index (χ0n) is 33.3. The van der Waals surface area contributed by atoms with Crippen LogP contribution in [0.25, 0.3) is 86.6 Å². The van der Waals surface area contributed by atoms with Crippen LogP contribution in [0.15, 0.2) is 205 Å². The fourth-order valence-electron chi connectivity index (χ4n) is 9.60. The first-order valence-corrected chi connectivity index (χ1v) is 21.5. The third-order valence-corrected chi connectivity index (χ3v) is 13.8. The van der Waals surface area contributed by atoms with Crippen molar-refractivity contribution in [3.8, 4) is 44.5 Å². The molecule has 11 aromatic rings. The van der Waals surface area contributed by atoms with E-state index < -0.39 is 0 Å². The largest absolute Gasteiger partial charge is 0.456 e. The maximum absolute atomic E-state index is 6.24. The summed E-state index contributed by atoms with van der Waals surface area (Å²) in [6.07, 6.45) is 0. The summed E-state index contributed by atoms with van der Waals surface area (Å²) in [4.78, 5) is 2.38. The van der Waals surface area contributed by atoms with E-state index >= 15 is 0 Å². The van der Waals surface area contributed by atoms with Crippen LogP contribution >= 0.6 is 11.3 Å². The molecule has 1 aliphatic carbocycles. The van der Waals surface area contributed by atoms with E-state index in [9.17, 15) is 0 Å². The maximum Gasteiger partial charge on any atom is 0.135 e. The number of hydrogen-bond acceptors (Lipinski definition) is 3. The molecule has 0 N–H and O–H groups in total. The molecule has 2 aromatic heterocycles. The molecule has 0 saturated heterocycles. The van der Waals surface area contributed by atoms with Crippen molar-refractivity contribution in [3.05, 3.63) is 211 Å². The molecule has 0 radical (unpaired) electrons. The van der Waals surface area contributed by atoms with Gasteiger partial charge in [0.1, 0.15) is 11.2 Å². The summed E-state index contributed by atoms with van der Waals surface area (Å²) >= 11 is 1.86. The van der Waals surface area contributed by atoms with Gasteiger partial charge in [-0.2, -0.15) is 0 Å². The molecule has 0 atom stereocenters. The molecule has 0 bridgehead atoms. The van der Waals surface area contributed by atoms with Crippen LogP contribution in [0, 0.1) is 0 Å². The second kappa shape index (κ2) is 13.4. The first kappa shape index (κ1) is 34.8. The quantitative estimate of drug-likeness (QED) is 0.167. The minimum atomic E-state index is -0.0901. The van der Waals surface area contributed by atoms with Crippen LogP contribution in [0.4, 0.5) is 17.1 Å². The second-order valence-electron chi connectivity index (χ2n) is 16.5. The fourth-order valence-corrected chi connectivity index (χ4v) is 10.7. The summed E-state index contributed by atoms with van der Waals surface area (Å²) in [7, 11) is 0. The Bertz CT molecular complexity index is 3330. The Balaban J connectivity index is 0.989. The van der Waals surface area contributed by atoms with Crippen LogP contribution in [0.1, 0.15) is 25.0 Å². The Morgan fingerprint density at radius 3 is 1.75 bits per heavy atom. The number of hydrogen-bond donors (Lipinski definition) is 0. The average Bonchev–Trinajstić information content (AvgIpc) is 3.94. The van der Waals surface area contributed by atoms with Gasteiger partial charge in [0.05, 0.1) is 0 Å². The van der Waals surface area contributed by atoms with Gasteiger partial charge in [-0.05, 0) is 147 Å². The molecule has 3 heteroatoms. The number of fused-ring (bicyclic) bond motifs is 9. The monoisotopic (exact) mass is 785 g/mol. The maximum atomic E-state index is 6.24. The van der Waals surface area contributed by atoms with Gasteiger partial charge < -0.3 is 9.32 Å². The standard InChI is InChI=1S/C57H39NOS/c1-57(2)51-17-9-6-14-45(51)46-27-26-44(35-52(46)57)58(42-12-4-3-5-13-42)43-24-20-36(21-25-43)39-30-40(37-22-28-54-49(33-37)47-15-7-10-18-53(47)59-54)32-41(31-39)38-23-29-56-50(34-38)48-16-8-11-19-55(48)60-56/h3-35H,1-2H3. The number of rotatable bonds is 6. The molecule has 0 unspecified atom stereocenters. The number of thiophene rings is 1. The number of nitrogens with zero attached hydrogens (tertiary/aromatic N) is 1. The normalized spacial score (nSPS) is 13.0. The Morgan fingerprint density at radius 2 is 0.933 bits per heavy atom. The van der Waals surface area contributed by atoms with E-state index in [0.29, 0.717) is 0 Å². The van der Waals surface area contributed by atoms with Gasteiger partial charge >= 0.3 is 0 Å². The highest BCUT2D eigenvalue weighted by atomic mass is 32.1. The molecule has 2 heterocycles. The average molecular weight is 786 g/mol. The lowest BCUT2D eigenvalue weighted by Crippen LogP contribution is -2.16. The van der Waals surface area contributed by atoms with Crippen molar-refractivity contribution in [1.82, 2.24) is 0 Å². The van der Waals surface area contributed by atoms with Crippen LogP contribution < -0.4 is 4.90 Å². The minimum absolute atomic E-state index is 0.0901. The predicted molar refractivity (Wildman–Crippen MR) is 255 cm³/mol. The molecule has 1 aliphatic rings. The lowest BCUT2D eigenvalue weighted by atomic mass is 9.82. The number of furan rings is 1. The summed E-state index contributed by atoms with van der Waals surface area (Å²) in [6.45, 7) is 4.70. The molecule has 0 fully saturated rings. The van der Waals surface area contributed by atoms with Gasteiger partial charge in [-0.15, -0.1) is 11.3 Å². The molecule has 0 saturated carbocycles. The highest BCUT2D eigenvalue weighted by Gasteiger charge is 2.35. The van der Waals surface area contributed by atoms with Crippen molar-refractivity contribution >= 4 is 70.5 Å². The van der Waals surface area contributed by atoms with Crippen LogP contribution in [-0.4, -0.2) is 0 Å². The molecule has 0 aliphatic heterocycles. The van der Waals surface area contributed by atoms with E-state index in [1.54, 1.807) is 0 Å². The molecule has 0 spiro atoms. The van der Waals surface area contributed by atoms with Gasteiger partial charge in [-0.1, -0.05) is 123 Å². The molecular formula is C57H39NOS. The van der Waals surface area contributed by atoms with E-state index in [1.165, 1.54) is 64.7 Å². The van der Waals surface area contributed by atoms with Crippen LogP contribution in [0.3, 0.4) is 0 Å². The van der Waals surface area contributed by atoms with E-state index in [-0.39, 0.29) is 5.41 Å². The van der Waals surface area contributed by atoms with Gasteiger partial charge in [-0.25, -0.2) is 0 Å². The van der Waals surface area contributed by atoms with Gasteiger partial charge in [0.2, 0.25) is 0 Å². The van der Waals surface area contributed by atoms with Crippen molar-refractivity contribution in [2.24, 2.45) is 0 Å². The molecular weight excluding hydrogens is 747 g/mol. The van der Waals surface area contributed by atoms with Crippen molar-refractivity contribution in [3.63, 3.8) is 0 Å². The van der Waals surface area contributed by atoms with Crippen molar-refractivity contribution in [2.45, 2.75) is 19.3 Å². The van der Waals surface area contributed by atoms with Gasteiger partial charge in [0.15, 0.2) is 0 Å². The summed E-state index contributed by atoms with van der Waals surface area (Å²) in [5, 5.41) is 4.87. The Labute approximate surface area is 353 Å². The lowest BCUT2D eigenvalue weighted by Gasteiger charge is -2.28. The van der Waals surface area contributed by atoms with Crippen LogP contribution in [-0.2, 0) is 5.41 Å². The number of para-hydroxylation sites is 2. The van der Waals surface area contributed by atoms with Crippen molar-refractivity contribution in [1.29, 1.82) is 0 Å². The van der Waals surface area contributed by atoms with Crippen LogP contribution in [0.2, 0.25) is 0 Å². The highest BCUT2D eigenvalue weighted by molar-refractivity contribution is 7.25. The Morgan fingerprint density at radius 1 is 0.367 bits per heavy atom. The van der Waals surface area contributed by atoms with Gasteiger partial charge in [0, 0.05) is 53.4 Å². The second-order valence-corrected chi connectivity index (χ2v) is 17.6. The van der Waals surface area contributed by atoms with E-state index in [4.69, 9.17) is 4.42 Å².